The summed E-state index contributed by atoms with van der Waals surface area (Å²) in [5.41, 5.74) is 6.47. The molecule has 1 aliphatic carbocycles. The van der Waals surface area contributed by atoms with E-state index in [1.807, 2.05) is 45.2 Å². The smallest absolute Gasteiger partial charge is 0.242 e. The van der Waals surface area contributed by atoms with Crippen LogP contribution < -0.4 is 10.5 Å². The molecule has 0 spiro atoms. The summed E-state index contributed by atoms with van der Waals surface area (Å²) in [5, 5.41) is 0. The SMILES string of the molecule is COc1ccccc1C(C)N(C)C(=O)C(C)(N)C1CC1. The first-order chi connectivity index (χ1) is 9.39. The van der Waals surface area contributed by atoms with Crippen molar-refractivity contribution < 1.29 is 9.53 Å². The lowest BCUT2D eigenvalue weighted by molar-refractivity contribution is -0.137. The average molecular weight is 276 g/mol. The minimum absolute atomic E-state index is 0.00148. The van der Waals surface area contributed by atoms with Gasteiger partial charge in [-0.1, -0.05) is 18.2 Å². The van der Waals surface area contributed by atoms with Crippen LogP contribution in [0.15, 0.2) is 24.3 Å². The molecule has 0 radical (unpaired) electrons. The van der Waals surface area contributed by atoms with Gasteiger partial charge in [-0.2, -0.15) is 0 Å². The molecule has 1 amide bonds. The molecule has 20 heavy (non-hydrogen) atoms. The molecule has 0 heterocycles. The van der Waals surface area contributed by atoms with Gasteiger partial charge in [0.25, 0.3) is 0 Å². The van der Waals surface area contributed by atoms with E-state index in [9.17, 15) is 4.79 Å². The van der Waals surface area contributed by atoms with Gasteiger partial charge in [0.15, 0.2) is 0 Å². The molecule has 1 fully saturated rings. The highest BCUT2D eigenvalue weighted by Gasteiger charge is 2.46. The molecule has 2 atom stereocenters. The summed E-state index contributed by atoms with van der Waals surface area (Å²) in [6, 6.07) is 7.70. The quantitative estimate of drug-likeness (QED) is 0.898. The Morgan fingerprint density at radius 2 is 2.05 bits per heavy atom. The fourth-order valence-corrected chi connectivity index (χ4v) is 2.63. The summed E-state index contributed by atoms with van der Waals surface area (Å²) in [5.74, 6) is 1.12. The van der Waals surface area contributed by atoms with Gasteiger partial charge in [0.1, 0.15) is 5.75 Å². The molecule has 2 N–H and O–H groups in total. The Bertz CT molecular complexity index is 495. The second kappa shape index (κ2) is 5.44. The number of nitrogens with zero attached hydrogens (tertiary/aromatic N) is 1. The lowest BCUT2D eigenvalue weighted by Gasteiger charge is -2.33. The fourth-order valence-electron chi connectivity index (χ4n) is 2.63. The normalized spacial score (nSPS) is 19.1. The van der Waals surface area contributed by atoms with Crippen molar-refractivity contribution in [2.75, 3.05) is 14.2 Å². The van der Waals surface area contributed by atoms with E-state index < -0.39 is 5.54 Å². The number of nitrogens with two attached hydrogens (primary N) is 1. The molecule has 110 valence electrons. The molecule has 1 aromatic rings. The Morgan fingerprint density at radius 3 is 2.60 bits per heavy atom. The largest absolute Gasteiger partial charge is 0.496 e. The number of benzene rings is 1. The van der Waals surface area contributed by atoms with Crippen LogP contribution in [0.4, 0.5) is 0 Å². The van der Waals surface area contributed by atoms with E-state index in [0.29, 0.717) is 5.92 Å². The number of likely N-dealkylation sites (N-methyl/N-ethyl adjacent to an activating group) is 1. The lowest BCUT2D eigenvalue weighted by Crippen LogP contribution is -2.54. The van der Waals surface area contributed by atoms with E-state index in [-0.39, 0.29) is 11.9 Å². The highest BCUT2D eigenvalue weighted by molar-refractivity contribution is 5.86. The van der Waals surface area contributed by atoms with E-state index in [4.69, 9.17) is 10.5 Å². The van der Waals surface area contributed by atoms with E-state index >= 15 is 0 Å². The van der Waals surface area contributed by atoms with Crippen molar-refractivity contribution in [2.24, 2.45) is 11.7 Å². The van der Waals surface area contributed by atoms with Crippen LogP contribution in [0, 0.1) is 5.92 Å². The molecular formula is C16H24N2O2. The zero-order valence-corrected chi connectivity index (χ0v) is 12.7. The second-order valence-corrected chi connectivity index (χ2v) is 5.89. The molecule has 0 bridgehead atoms. The van der Waals surface area contributed by atoms with Gasteiger partial charge in [0.05, 0.1) is 18.7 Å². The standard InChI is InChI=1S/C16H24N2O2/c1-11(13-7-5-6-8-14(13)20-4)18(3)15(19)16(2,17)12-9-10-12/h5-8,11-12H,9-10,17H2,1-4H3. The number of methoxy groups -OCH3 is 1. The van der Waals surface area contributed by atoms with Crippen molar-refractivity contribution >= 4 is 5.91 Å². The molecule has 0 aliphatic heterocycles. The van der Waals surface area contributed by atoms with Gasteiger partial charge in [-0.3, -0.25) is 4.79 Å². The lowest BCUT2D eigenvalue weighted by atomic mass is 9.94. The molecule has 1 aromatic carbocycles. The monoisotopic (exact) mass is 276 g/mol. The number of carbonyl (C=O) groups excluding carboxylic acids is 1. The third kappa shape index (κ3) is 2.66. The first kappa shape index (κ1) is 14.9. The Morgan fingerprint density at radius 1 is 1.45 bits per heavy atom. The minimum atomic E-state index is -0.759. The van der Waals surface area contributed by atoms with Crippen molar-refractivity contribution in [3.8, 4) is 5.75 Å². The van der Waals surface area contributed by atoms with Crippen LogP contribution in [0.25, 0.3) is 0 Å². The highest BCUT2D eigenvalue weighted by atomic mass is 16.5. The minimum Gasteiger partial charge on any atom is -0.496 e. The van der Waals surface area contributed by atoms with Crippen LogP contribution in [0.5, 0.6) is 5.75 Å². The van der Waals surface area contributed by atoms with Crippen LogP contribution in [-0.2, 0) is 4.79 Å². The number of rotatable bonds is 5. The van der Waals surface area contributed by atoms with Gasteiger partial charge in [0, 0.05) is 12.6 Å². The number of carbonyl (C=O) groups is 1. The summed E-state index contributed by atoms with van der Waals surface area (Å²) < 4.78 is 5.37. The molecule has 4 nitrogen and oxygen atoms in total. The summed E-state index contributed by atoms with van der Waals surface area (Å²) >= 11 is 0. The first-order valence-corrected chi connectivity index (χ1v) is 7.08. The summed E-state index contributed by atoms with van der Waals surface area (Å²) in [6.45, 7) is 3.84. The van der Waals surface area contributed by atoms with Gasteiger partial charge >= 0.3 is 0 Å². The maximum atomic E-state index is 12.6. The van der Waals surface area contributed by atoms with Crippen LogP contribution in [0.3, 0.4) is 0 Å². The number of hydrogen-bond acceptors (Lipinski definition) is 3. The predicted molar refractivity (Wildman–Crippen MR) is 79.5 cm³/mol. The van der Waals surface area contributed by atoms with Crippen LogP contribution in [0.2, 0.25) is 0 Å². The van der Waals surface area contributed by atoms with Gasteiger partial charge in [0.2, 0.25) is 5.91 Å². The van der Waals surface area contributed by atoms with E-state index in [0.717, 1.165) is 24.2 Å². The third-order valence-electron chi connectivity index (χ3n) is 4.38. The van der Waals surface area contributed by atoms with E-state index in [1.54, 1.807) is 12.0 Å². The van der Waals surface area contributed by atoms with Gasteiger partial charge < -0.3 is 15.4 Å². The Balaban J connectivity index is 2.19. The number of para-hydroxylation sites is 1. The van der Waals surface area contributed by atoms with Gasteiger partial charge in [-0.25, -0.2) is 0 Å². The fraction of sp³-hybridized carbons (Fsp3) is 0.562. The maximum Gasteiger partial charge on any atom is 0.242 e. The zero-order valence-electron chi connectivity index (χ0n) is 12.7. The average Bonchev–Trinajstić information content (AvgIpc) is 3.29. The number of ether oxygens (including phenoxy) is 1. The third-order valence-corrected chi connectivity index (χ3v) is 4.38. The predicted octanol–water partition coefficient (Wildman–Crippen LogP) is 2.34. The molecule has 0 aromatic heterocycles. The molecular weight excluding hydrogens is 252 g/mol. The van der Waals surface area contributed by atoms with Crippen molar-refractivity contribution in [1.29, 1.82) is 0 Å². The van der Waals surface area contributed by atoms with E-state index in [2.05, 4.69) is 0 Å². The van der Waals surface area contributed by atoms with Gasteiger partial charge in [-0.05, 0) is 38.7 Å². The first-order valence-electron chi connectivity index (χ1n) is 7.08. The summed E-state index contributed by atoms with van der Waals surface area (Å²) in [7, 11) is 3.46. The van der Waals surface area contributed by atoms with Crippen LogP contribution in [-0.4, -0.2) is 30.5 Å². The number of amides is 1. The highest BCUT2D eigenvalue weighted by Crippen LogP contribution is 2.40. The van der Waals surface area contributed by atoms with Crippen LogP contribution >= 0.6 is 0 Å². The molecule has 0 saturated heterocycles. The molecule has 1 aliphatic rings. The molecule has 1 saturated carbocycles. The second-order valence-electron chi connectivity index (χ2n) is 5.89. The van der Waals surface area contributed by atoms with Crippen LogP contribution in [0.1, 0.15) is 38.3 Å². The topological polar surface area (TPSA) is 55.6 Å². The Kier molecular flexibility index (Phi) is 4.04. The maximum absolute atomic E-state index is 12.6. The van der Waals surface area contributed by atoms with Gasteiger partial charge in [-0.15, -0.1) is 0 Å². The van der Waals surface area contributed by atoms with Crippen molar-refractivity contribution in [3.05, 3.63) is 29.8 Å². The molecule has 2 rings (SSSR count). The molecule has 2 unspecified atom stereocenters. The Hall–Kier alpha value is -1.55. The van der Waals surface area contributed by atoms with Crippen molar-refractivity contribution in [3.63, 3.8) is 0 Å². The Labute approximate surface area is 120 Å². The summed E-state index contributed by atoms with van der Waals surface area (Å²) in [6.07, 6.45) is 2.10. The zero-order chi connectivity index (χ0) is 14.9. The van der Waals surface area contributed by atoms with Crippen molar-refractivity contribution in [1.82, 2.24) is 4.90 Å². The van der Waals surface area contributed by atoms with Crippen molar-refractivity contribution in [2.45, 2.75) is 38.3 Å². The van der Waals surface area contributed by atoms with E-state index in [1.165, 1.54) is 0 Å². The number of hydrogen-bond donors (Lipinski definition) is 1. The summed E-state index contributed by atoms with van der Waals surface area (Å²) in [4.78, 5) is 14.4. The molecule has 4 heteroatoms.